The van der Waals surface area contributed by atoms with Gasteiger partial charge in [-0.1, -0.05) is 12.5 Å². The second-order valence-electron chi connectivity index (χ2n) is 8.05. The summed E-state index contributed by atoms with van der Waals surface area (Å²) < 4.78 is 27.5. The first-order valence-electron chi connectivity index (χ1n) is 10.00. The van der Waals surface area contributed by atoms with E-state index in [0.717, 1.165) is 50.8 Å². The molecule has 0 unspecified atom stereocenters. The third-order valence-electron chi connectivity index (χ3n) is 6.07. The molecule has 1 amide bonds. The van der Waals surface area contributed by atoms with Crippen molar-refractivity contribution >= 4 is 15.9 Å². The molecule has 0 atom stereocenters. The van der Waals surface area contributed by atoms with E-state index >= 15 is 0 Å². The number of aryl methyl sites for hydroxylation is 1. The maximum absolute atomic E-state index is 13.1. The molecular weight excluding hydrogens is 362 g/mol. The summed E-state index contributed by atoms with van der Waals surface area (Å²) in [5, 5.41) is 0. The Morgan fingerprint density at radius 3 is 2.41 bits per heavy atom. The molecule has 7 heteroatoms. The summed E-state index contributed by atoms with van der Waals surface area (Å²) >= 11 is 0. The number of carbonyl (C=O) groups excluding carboxylic acids is 1. The van der Waals surface area contributed by atoms with Gasteiger partial charge in [-0.2, -0.15) is 4.31 Å². The first kappa shape index (κ1) is 20.3. The van der Waals surface area contributed by atoms with Gasteiger partial charge in [0.2, 0.25) is 10.0 Å². The highest BCUT2D eigenvalue weighted by molar-refractivity contribution is 7.89. The maximum atomic E-state index is 13.1. The summed E-state index contributed by atoms with van der Waals surface area (Å²) in [5.41, 5.74) is 1.32. The lowest BCUT2D eigenvalue weighted by atomic mass is 10.0. The third-order valence-corrected chi connectivity index (χ3v) is 7.96. The van der Waals surface area contributed by atoms with Gasteiger partial charge in [-0.25, -0.2) is 8.42 Å². The van der Waals surface area contributed by atoms with Crippen molar-refractivity contribution in [2.24, 2.45) is 0 Å². The summed E-state index contributed by atoms with van der Waals surface area (Å²) in [6, 6.07) is 5.20. The minimum absolute atomic E-state index is 0.0762. The van der Waals surface area contributed by atoms with E-state index in [4.69, 9.17) is 0 Å². The third kappa shape index (κ3) is 4.36. The molecule has 0 spiro atoms. The molecule has 0 aromatic heterocycles. The van der Waals surface area contributed by atoms with E-state index in [0.29, 0.717) is 18.7 Å². The molecule has 0 radical (unpaired) electrons. The van der Waals surface area contributed by atoms with Gasteiger partial charge in [0.05, 0.1) is 25.0 Å². The fourth-order valence-corrected chi connectivity index (χ4v) is 5.63. The molecular formula is C20H32N3O3S+. The standard InChI is InChI=1S/C20H31N3O3S/c1-16-7-8-18(27(25,26)23-11-5-4-6-12-23)15-19(16)20(24)22(3)17-9-13-21(2)14-10-17/h7-8,15,17H,4-6,9-14H2,1-3H3/p+1. The van der Waals surface area contributed by atoms with Crippen LogP contribution in [0.5, 0.6) is 0 Å². The number of piperidine rings is 2. The van der Waals surface area contributed by atoms with Crippen LogP contribution in [0.4, 0.5) is 0 Å². The lowest BCUT2D eigenvalue weighted by molar-refractivity contribution is -0.885. The molecule has 2 saturated heterocycles. The lowest BCUT2D eigenvalue weighted by Gasteiger charge is -2.33. The highest BCUT2D eigenvalue weighted by Crippen LogP contribution is 2.24. The minimum Gasteiger partial charge on any atom is -0.338 e. The molecule has 0 saturated carbocycles. The molecule has 150 valence electrons. The van der Waals surface area contributed by atoms with Crippen molar-refractivity contribution in [2.75, 3.05) is 40.3 Å². The van der Waals surface area contributed by atoms with Crippen molar-refractivity contribution in [1.82, 2.24) is 9.21 Å². The Kier molecular flexibility index (Phi) is 6.23. The van der Waals surface area contributed by atoms with Crippen LogP contribution in [-0.2, 0) is 10.0 Å². The van der Waals surface area contributed by atoms with Crippen molar-refractivity contribution in [3.63, 3.8) is 0 Å². The van der Waals surface area contributed by atoms with Crippen molar-refractivity contribution in [3.05, 3.63) is 29.3 Å². The van der Waals surface area contributed by atoms with Crippen molar-refractivity contribution in [3.8, 4) is 0 Å². The predicted octanol–water partition coefficient (Wildman–Crippen LogP) is 0.919. The van der Waals surface area contributed by atoms with Crippen molar-refractivity contribution in [1.29, 1.82) is 0 Å². The second kappa shape index (κ2) is 8.29. The number of sulfonamides is 1. The number of quaternary nitrogens is 1. The molecule has 0 bridgehead atoms. The van der Waals surface area contributed by atoms with Crippen molar-refractivity contribution < 1.29 is 18.1 Å². The fourth-order valence-electron chi connectivity index (χ4n) is 4.08. The van der Waals surface area contributed by atoms with Crippen LogP contribution in [0, 0.1) is 6.92 Å². The van der Waals surface area contributed by atoms with E-state index in [2.05, 4.69) is 7.05 Å². The van der Waals surface area contributed by atoms with E-state index < -0.39 is 10.0 Å². The zero-order chi connectivity index (χ0) is 19.6. The van der Waals surface area contributed by atoms with E-state index in [1.54, 1.807) is 22.5 Å². The Bertz CT molecular complexity index is 780. The van der Waals surface area contributed by atoms with Gasteiger partial charge >= 0.3 is 0 Å². The average molecular weight is 395 g/mol. The van der Waals surface area contributed by atoms with E-state index in [1.807, 2.05) is 18.9 Å². The number of likely N-dealkylation sites (tertiary alicyclic amines) is 1. The van der Waals surface area contributed by atoms with Crippen LogP contribution in [0.2, 0.25) is 0 Å². The molecule has 2 fully saturated rings. The smallest absolute Gasteiger partial charge is 0.254 e. The number of rotatable bonds is 4. The van der Waals surface area contributed by atoms with Crippen LogP contribution in [0.1, 0.15) is 48.0 Å². The highest BCUT2D eigenvalue weighted by atomic mass is 32.2. The normalized spacial score (nSPS) is 24.6. The predicted molar refractivity (Wildman–Crippen MR) is 106 cm³/mol. The Labute approximate surface area is 163 Å². The Balaban J connectivity index is 1.83. The Morgan fingerprint density at radius 1 is 1.15 bits per heavy atom. The summed E-state index contributed by atoms with van der Waals surface area (Å²) in [6.07, 6.45) is 4.85. The van der Waals surface area contributed by atoms with Crippen molar-refractivity contribution in [2.45, 2.75) is 50.0 Å². The lowest BCUT2D eigenvalue weighted by Crippen LogP contribution is -3.10. The topological polar surface area (TPSA) is 62.1 Å². The number of nitrogens with zero attached hydrogens (tertiary/aromatic N) is 2. The van der Waals surface area contributed by atoms with Gasteiger partial charge in [0.1, 0.15) is 0 Å². The van der Waals surface area contributed by atoms with Crippen LogP contribution in [0.25, 0.3) is 0 Å². The summed E-state index contributed by atoms with van der Waals surface area (Å²) in [4.78, 5) is 16.7. The molecule has 2 heterocycles. The van der Waals surface area contributed by atoms with E-state index in [-0.39, 0.29) is 16.8 Å². The number of nitrogens with one attached hydrogen (secondary N) is 1. The zero-order valence-corrected chi connectivity index (χ0v) is 17.5. The molecule has 27 heavy (non-hydrogen) atoms. The number of benzene rings is 1. The van der Waals surface area contributed by atoms with Gasteiger partial charge < -0.3 is 9.80 Å². The molecule has 1 aromatic rings. The SMILES string of the molecule is Cc1ccc(S(=O)(=O)N2CCCCC2)cc1C(=O)N(C)C1CC[NH+](C)CC1. The Hall–Kier alpha value is -1.44. The van der Waals surface area contributed by atoms with Gasteiger partial charge in [0, 0.05) is 44.6 Å². The average Bonchev–Trinajstić information content (AvgIpc) is 2.68. The van der Waals surface area contributed by atoms with E-state index in [9.17, 15) is 13.2 Å². The molecule has 0 aliphatic carbocycles. The molecule has 1 aromatic carbocycles. The second-order valence-corrected chi connectivity index (χ2v) is 9.98. The maximum Gasteiger partial charge on any atom is 0.254 e. The van der Waals surface area contributed by atoms with E-state index in [1.165, 1.54) is 4.90 Å². The first-order valence-corrected chi connectivity index (χ1v) is 11.4. The first-order chi connectivity index (χ1) is 12.8. The number of hydrogen-bond donors (Lipinski definition) is 1. The summed E-state index contributed by atoms with van der Waals surface area (Å²) in [5.74, 6) is -0.0762. The van der Waals surface area contributed by atoms with Gasteiger partial charge in [-0.05, 0) is 37.5 Å². The van der Waals surface area contributed by atoms with Crippen LogP contribution >= 0.6 is 0 Å². The summed E-state index contributed by atoms with van der Waals surface area (Å²) in [7, 11) is 0.490. The highest BCUT2D eigenvalue weighted by Gasteiger charge is 2.30. The van der Waals surface area contributed by atoms with Gasteiger partial charge in [-0.15, -0.1) is 0 Å². The molecule has 2 aliphatic heterocycles. The van der Waals surface area contributed by atoms with Crippen LogP contribution in [-0.4, -0.2) is 69.8 Å². The molecule has 3 rings (SSSR count). The largest absolute Gasteiger partial charge is 0.338 e. The number of carbonyl (C=O) groups is 1. The van der Waals surface area contributed by atoms with Crippen LogP contribution in [0.3, 0.4) is 0 Å². The quantitative estimate of drug-likeness (QED) is 0.826. The molecule has 6 nitrogen and oxygen atoms in total. The monoisotopic (exact) mass is 394 g/mol. The fraction of sp³-hybridized carbons (Fsp3) is 0.650. The molecule has 1 N–H and O–H groups in total. The minimum atomic E-state index is -3.53. The number of hydrogen-bond acceptors (Lipinski definition) is 3. The van der Waals surface area contributed by atoms with Gasteiger partial charge in [-0.3, -0.25) is 4.79 Å². The van der Waals surface area contributed by atoms with Crippen LogP contribution in [0.15, 0.2) is 23.1 Å². The summed E-state index contributed by atoms with van der Waals surface area (Å²) in [6.45, 7) is 5.13. The van der Waals surface area contributed by atoms with Gasteiger partial charge in [0.15, 0.2) is 0 Å². The van der Waals surface area contributed by atoms with Crippen LogP contribution < -0.4 is 4.90 Å². The van der Waals surface area contributed by atoms with Gasteiger partial charge in [0.25, 0.3) is 5.91 Å². The molecule has 2 aliphatic rings. The Morgan fingerprint density at radius 2 is 1.78 bits per heavy atom. The number of amides is 1. The zero-order valence-electron chi connectivity index (χ0n) is 16.7.